The molecule has 1 heterocycles. The lowest BCUT2D eigenvalue weighted by Crippen LogP contribution is -2.42. The summed E-state index contributed by atoms with van der Waals surface area (Å²) in [6.45, 7) is 0.929. The molecule has 0 saturated carbocycles. The molecule has 0 unspecified atom stereocenters. The molecule has 3 aromatic rings. The maximum atomic E-state index is 13.1. The van der Waals surface area contributed by atoms with Crippen molar-refractivity contribution in [1.29, 1.82) is 0 Å². The van der Waals surface area contributed by atoms with Crippen molar-refractivity contribution in [3.8, 4) is 0 Å². The van der Waals surface area contributed by atoms with Gasteiger partial charge in [-0.2, -0.15) is 4.31 Å². The van der Waals surface area contributed by atoms with Crippen molar-refractivity contribution in [2.75, 3.05) is 20.1 Å². The van der Waals surface area contributed by atoms with Gasteiger partial charge in [-0.3, -0.25) is 9.59 Å². The lowest BCUT2D eigenvalue weighted by molar-refractivity contribution is -0.126. The van der Waals surface area contributed by atoms with E-state index in [0.717, 1.165) is 16.3 Å². The third-order valence-electron chi connectivity index (χ3n) is 6.07. The van der Waals surface area contributed by atoms with E-state index in [1.54, 1.807) is 37.4 Å². The van der Waals surface area contributed by atoms with E-state index in [1.165, 1.54) is 4.31 Å². The summed E-state index contributed by atoms with van der Waals surface area (Å²) in [7, 11) is -2.04. The predicted molar refractivity (Wildman–Crippen MR) is 127 cm³/mol. The number of rotatable bonds is 6. The van der Waals surface area contributed by atoms with E-state index in [1.807, 2.05) is 36.4 Å². The van der Waals surface area contributed by atoms with E-state index in [4.69, 9.17) is 0 Å². The molecule has 0 spiro atoms. The van der Waals surface area contributed by atoms with Gasteiger partial charge in [0.2, 0.25) is 15.9 Å². The molecule has 33 heavy (non-hydrogen) atoms. The smallest absolute Gasteiger partial charge is 0.251 e. The van der Waals surface area contributed by atoms with Crippen molar-refractivity contribution in [3.63, 3.8) is 0 Å². The molecular formula is C25H27N3O4S. The van der Waals surface area contributed by atoms with Crippen LogP contribution < -0.4 is 10.6 Å². The number of hydrogen-bond donors (Lipinski definition) is 2. The van der Waals surface area contributed by atoms with Gasteiger partial charge in [0.05, 0.1) is 4.90 Å². The Morgan fingerprint density at radius 1 is 0.939 bits per heavy atom. The van der Waals surface area contributed by atoms with Gasteiger partial charge in [-0.1, -0.05) is 42.5 Å². The second-order valence-electron chi connectivity index (χ2n) is 8.18. The van der Waals surface area contributed by atoms with Gasteiger partial charge in [-0.05, 0) is 53.4 Å². The molecule has 1 aliphatic rings. The van der Waals surface area contributed by atoms with E-state index in [9.17, 15) is 18.0 Å². The molecule has 0 bridgehead atoms. The summed E-state index contributed by atoms with van der Waals surface area (Å²) in [5.74, 6) is -0.513. The van der Waals surface area contributed by atoms with Gasteiger partial charge in [0.25, 0.3) is 5.91 Å². The zero-order valence-electron chi connectivity index (χ0n) is 18.5. The number of carbonyl (C=O) groups is 2. The van der Waals surface area contributed by atoms with Gasteiger partial charge < -0.3 is 10.6 Å². The Labute approximate surface area is 193 Å². The van der Waals surface area contributed by atoms with Crippen LogP contribution in [0.4, 0.5) is 0 Å². The van der Waals surface area contributed by atoms with Crippen LogP contribution in [0.5, 0.6) is 0 Å². The quantitative estimate of drug-likeness (QED) is 0.585. The lowest BCUT2D eigenvalue weighted by atomic mass is 9.97. The second-order valence-corrected chi connectivity index (χ2v) is 10.1. The molecule has 3 aromatic carbocycles. The molecule has 172 valence electrons. The minimum absolute atomic E-state index is 0.0944. The molecule has 1 saturated heterocycles. The highest BCUT2D eigenvalue weighted by atomic mass is 32.2. The third-order valence-corrected chi connectivity index (χ3v) is 7.96. The van der Waals surface area contributed by atoms with Gasteiger partial charge in [0, 0.05) is 38.2 Å². The van der Waals surface area contributed by atoms with Crippen molar-refractivity contribution >= 4 is 32.6 Å². The zero-order valence-corrected chi connectivity index (χ0v) is 19.3. The minimum Gasteiger partial charge on any atom is -0.355 e. The van der Waals surface area contributed by atoms with Crippen LogP contribution in [0.25, 0.3) is 10.8 Å². The van der Waals surface area contributed by atoms with Gasteiger partial charge in [0.15, 0.2) is 0 Å². The zero-order chi connectivity index (χ0) is 23.4. The number of benzene rings is 3. The van der Waals surface area contributed by atoms with E-state index in [-0.39, 0.29) is 22.6 Å². The number of sulfonamides is 1. The first kappa shape index (κ1) is 22.9. The summed E-state index contributed by atoms with van der Waals surface area (Å²) in [4.78, 5) is 24.7. The summed E-state index contributed by atoms with van der Waals surface area (Å²) in [5, 5.41) is 7.38. The Morgan fingerprint density at radius 2 is 1.67 bits per heavy atom. The molecule has 1 fully saturated rings. The summed E-state index contributed by atoms with van der Waals surface area (Å²) in [5.41, 5.74) is 1.37. The summed E-state index contributed by atoms with van der Waals surface area (Å²) >= 11 is 0. The van der Waals surface area contributed by atoms with Crippen LogP contribution in [-0.2, 0) is 21.4 Å². The number of carbonyl (C=O) groups excluding carboxylic acids is 2. The highest BCUT2D eigenvalue weighted by Crippen LogP contribution is 2.26. The first-order chi connectivity index (χ1) is 15.9. The minimum atomic E-state index is -3.61. The van der Waals surface area contributed by atoms with Crippen molar-refractivity contribution in [1.82, 2.24) is 14.9 Å². The highest BCUT2D eigenvalue weighted by Gasteiger charge is 2.32. The molecule has 4 rings (SSSR count). The number of nitrogens with one attached hydrogen (secondary N) is 2. The van der Waals surface area contributed by atoms with Crippen LogP contribution in [-0.4, -0.2) is 44.7 Å². The van der Waals surface area contributed by atoms with Gasteiger partial charge in [-0.15, -0.1) is 0 Å². The Bertz CT molecular complexity index is 1280. The first-order valence-electron chi connectivity index (χ1n) is 11.0. The van der Waals surface area contributed by atoms with Crippen molar-refractivity contribution in [3.05, 3.63) is 77.9 Å². The fraction of sp³-hybridized carbons (Fsp3) is 0.280. The SMILES string of the molecule is CNC(=O)c1cccc(CNC(=O)C2CCN(S(=O)(=O)c3ccc4ccccc4c3)CC2)c1. The van der Waals surface area contributed by atoms with Crippen LogP contribution in [0.2, 0.25) is 0 Å². The summed E-state index contributed by atoms with van der Waals surface area (Å²) in [6.07, 6.45) is 0.938. The van der Waals surface area contributed by atoms with Gasteiger partial charge in [0.1, 0.15) is 0 Å². The molecule has 0 aliphatic carbocycles. The van der Waals surface area contributed by atoms with Crippen LogP contribution >= 0.6 is 0 Å². The number of hydrogen-bond acceptors (Lipinski definition) is 4. The maximum absolute atomic E-state index is 13.1. The third kappa shape index (κ3) is 5.07. The standard InChI is InChI=1S/C25H27N3O4S/c1-26-24(29)22-8-4-5-18(15-22)17-27-25(30)20-11-13-28(14-12-20)33(31,32)23-10-9-19-6-2-3-7-21(19)16-23/h2-10,15-16,20H,11-14,17H2,1H3,(H,26,29)(H,27,30). The Balaban J connectivity index is 1.35. The van der Waals surface area contributed by atoms with Crippen molar-refractivity contribution in [2.24, 2.45) is 5.92 Å². The lowest BCUT2D eigenvalue weighted by Gasteiger charge is -2.30. The number of nitrogens with zero attached hydrogens (tertiary/aromatic N) is 1. The van der Waals surface area contributed by atoms with Crippen LogP contribution in [0.3, 0.4) is 0 Å². The van der Waals surface area contributed by atoms with Gasteiger partial charge >= 0.3 is 0 Å². The molecule has 0 radical (unpaired) electrons. The molecule has 2 N–H and O–H groups in total. The van der Waals surface area contributed by atoms with Gasteiger partial charge in [-0.25, -0.2) is 8.42 Å². The number of amides is 2. The Morgan fingerprint density at radius 3 is 2.39 bits per heavy atom. The molecule has 8 heteroatoms. The fourth-order valence-corrected chi connectivity index (χ4v) is 5.64. The second kappa shape index (κ2) is 9.72. The van der Waals surface area contributed by atoms with Crippen LogP contribution in [0.15, 0.2) is 71.6 Å². The normalized spacial score (nSPS) is 15.3. The van der Waals surface area contributed by atoms with E-state index >= 15 is 0 Å². The Hall–Kier alpha value is -3.23. The van der Waals surface area contributed by atoms with E-state index in [2.05, 4.69) is 10.6 Å². The van der Waals surface area contributed by atoms with E-state index in [0.29, 0.717) is 38.0 Å². The molecule has 7 nitrogen and oxygen atoms in total. The highest BCUT2D eigenvalue weighted by molar-refractivity contribution is 7.89. The average Bonchev–Trinajstić information content (AvgIpc) is 2.86. The Kier molecular flexibility index (Phi) is 6.76. The van der Waals surface area contributed by atoms with E-state index < -0.39 is 10.0 Å². The molecule has 1 aliphatic heterocycles. The number of piperidine rings is 1. The van der Waals surface area contributed by atoms with Crippen molar-refractivity contribution < 1.29 is 18.0 Å². The van der Waals surface area contributed by atoms with Crippen LogP contribution in [0.1, 0.15) is 28.8 Å². The summed E-state index contributed by atoms with van der Waals surface area (Å²) in [6, 6.07) is 19.9. The molecule has 0 aromatic heterocycles. The average molecular weight is 466 g/mol. The summed E-state index contributed by atoms with van der Waals surface area (Å²) < 4.78 is 27.7. The topological polar surface area (TPSA) is 95.6 Å². The molecule has 0 atom stereocenters. The predicted octanol–water partition coefficient (Wildman–Crippen LogP) is 2.92. The first-order valence-corrected chi connectivity index (χ1v) is 12.4. The molecule has 2 amide bonds. The maximum Gasteiger partial charge on any atom is 0.251 e. The fourth-order valence-electron chi connectivity index (χ4n) is 4.14. The molecular weight excluding hydrogens is 438 g/mol. The number of fused-ring (bicyclic) bond motifs is 1. The van der Waals surface area contributed by atoms with Crippen LogP contribution in [0, 0.1) is 5.92 Å². The monoisotopic (exact) mass is 465 g/mol. The van der Waals surface area contributed by atoms with Crippen molar-refractivity contribution in [2.45, 2.75) is 24.3 Å². The largest absolute Gasteiger partial charge is 0.355 e.